The maximum Gasteiger partial charge on any atom is 0.305 e. The summed E-state index contributed by atoms with van der Waals surface area (Å²) in [5, 5.41) is 15.1. The van der Waals surface area contributed by atoms with Crippen molar-refractivity contribution in [3.05, 3.63) is 36.5 Å². The zero-order valence-electron chi connectivity index (χ0n) is 16.6. The molecule has 0 fully saturated rings. The van der Waals surface area contributed by atoms with Gasteiger partial charge < -0.3 is 25.1 Å². The van der Waals surface area contributed by atoms with Crippen molar-refractivity contribution in [2.45, 2.75) is 39.3 Å². The van der Waals surface area contributed by atoms with Crippen LogP contribution in [-0.2, 0) is 25.7 Å². The van der Waals surface area contributed by atoms with Crippen molar-refractivity contribution in [1.82, 2.24) is 15.2 Å². The molecule has 2 aromatic rings. The number of benzene rings is 1. The van der Waals surface area contributed by atoms with Crippen molar-refractivity contribution in [2.24, 2.45) is 11.8 Å². The van der Waals surface area contributed by atoms with Gasteiger partial charge in [-0.3, -0.25) is 14.4 Å². The molecule has 0 bridgehead atoms. The maximum atomic E-state index is 12.4. The van der Waals surface area contributed by atoms with Crippen molar-refractivity contribution in [2.75, 3.05) is 6.54 Å². The molecule has 0 saturated heterocycles. The van der Waals surface area contributed by atoms with Gasteiger partial charge in [-0.2, -0.15) is 0 Å². The lowest BCUT2D eigenvalue weighted by molar-refractivity contribution is -0.139. The van der Waals surface area contributed by atoms with Crippen LogP contribution in [0.2, 0.25) is 0 Å². The lowest BCUT2D eigenvalue weighted by atomic mass is 9.91. The number of carboxylic acids is 1. The van der Waals surface area contributed by atoms with Crippen molar-refractivity contribution in [3.8, 4) is 0 Å². The molecule has 2 atom stereocenters. The van der Waals surface area contributed by atoms with Gasteiger partial charge in [0.1, 0.15) is 6.29 Å². The standard InChI is InChI=1S/C21H27N3O5/c1-14(2)17(21(29)23-16(13-25)11-20(27)28)12-19(26)22-8-10-24-9-7-15-5-3-4-6-18(15)24/h3-7,9,13-14,16-17H,8,10-12H2,1-2H3,(H,22,26)(H,23,29)(H,27,28). The number of para-hydroxylation sites is 1. The fourth-order valence-corrected chi connectivity index (χ4v) is 3.17. The van der Waals surface area contributed by atoms with Crippen LogP contribution in [0.5, 0.6) is 0 Å². The fourth-order valence-electron chi connectivity index (χ4n) is 3.17. The van der Waals surface area contributed by atoms with Gasteiger partial charge in [-0.05, 0) is 23.4 Å². The molecule has 156 valence electrons. The minimum Gasteiger partial charge on any atom is -0.481 e. The second-order valence-corrected chi connectivity index (χ2v) is 7.32. The number of rotatable bonds is 11. The molecule has 0 aliphatic rings. The molecule has 0 aliphatic carbocycles. The Hall–Kier alpha value is -3.16. The Bertz CT molecular complexity index is 874. The van der Waals surface area contributed by atoms with E-state index in [-0.39, 0.29) is 18.2 Å². The molecule has 3 N–H and O–H groups in total. The second-order valence-electron chi connectivity index (χ2n) is 7.32. The number of hydrogen-bond donors (Lipinski definition) is 3. The third-order valence-electron chi connectivity index (χ3n) is 4.79. The van der Waals surface area contributed by atoms with Crippen LogP contribution in [0, 0.1) is 11.8 Å². The number of amides is 2. The Labute approximate surface area is 169 Å². The van der Waals surface area contributed by atoms with Gasteiger partial charge >= 0.3 is 5.97 Å². The van der Waals surface area contributed by atoms with Gasteiger partial charge in [0.15, 0.2) is 0 Å². The Morgan fingerprint density at radius 3 is 2.52 bits per heavy atom. The number of nitrogens with one attached hydrogen (secondary N) is 2. The van der Waals surface area contributed by atoms with Crippen LogP contribution >= 0.6 is 0 Å². The van der Waals surface area contributed by atoms with E-state index in [0.717, 1.165) is 10.9 Å². The van der Waals surface area contributed by atoms with E-state index in [2.05, 4.69) is 10.6 Å². The van der Waals surface area contributed by atoms with Gasteiger partial charge in [-0.25, -0.2) is 0 Å². The molecule has 8 nitrogen and oxygen atoms in total. The van der Waals surface area contributed by atoms with Crippen LogP contribution < -0.4 is 10.6 Å². The quantitative estimate of drug-likeness (QED) is 0.494. The van der Waals surface area contributed by atoms with Crippen LogP contribution in [0.15, 0.2) is 36.5 Å². The van der Waals surface area contributed by atoms with Crippen molar-refractivity contribution in [1.29, 1.82) is 0 Å². The Morgan fingerprint density at radius 1 is 1.14 bits per heavy atom. The normalized spacial score (nSPS) is 13.1. The van der Waals surface area contributed by atoms with Crippen LogP contribution in [0.1, 0.15) is 26.7 Å². The molecule has 0 spiro atoms. The first kappa shape index (κ1) is 22.1. The van der Waals surface area contributed by atoms with E-state index in [1.807, 2.05) is 41.1 Å². The first-order valence-corrected chi connectivity index (χ1v) is 9.59. The fraction of sp³-hybridized carbons (Fsp3) is 0.429. The highest BCUT2D eigenvalue weighted by molar-refractivity contribution is 5.88. The number of carbonyl (C=O) groups is 4. The monoisotopic (exact) mass is 401 g/mol. The number of aromatic nitrogens is 1. The lowest BCUT2D eigenvalue weighted by Crippen LogP contribution is -2.44. The van der Waals surface area contributed by atoms with Crippen molar-refractivity contribution in [3.63, 3.8) is 0 Å². The van der Waals surface area contributed by atoms with E-state index in [4.69, 9.17) is 5.11 Å². The van der Waals surface area contributed by atoms with Gasteiger partial charge in [0.25, 0.3) is 0 Å². The molecule has 1 aromatic heterocycles. The van der Waals surface area contributed by atoms with Gasteiger partial charge in [0.2, 0.25) is 11.8 Å². The Balaban J connectivity index is 1.87. The first-order valence-electron chi connectivity index (χ1n) is 9.59. The topological polar surface area (TPSA) is 118 Å². The number of carboxylic acid groups (broad SMARTS) is 1. The van der Waals surface area contributed by atoms with E-state index in [1.165, 1.54) is 0 Å². The van der Waals surface area contributed by atoms with Crippen LogP contribution in [0.25, 0.3) is 10.9 Å². The average molecular weight is 401 g/mol. The molecule has 0 aliphatic heterocycles. The van der Waals surface area contributed by atoms with E-state index < -0.39 is 30.3 Å². The smallest absolute Gasteiger partial charge is 0.305 e. The minimum absolute atomic E-state index is 0.0332. The molecule has 2 amide bonds. The summed E-state index contributed by atoms with van der Waals surface area (Å²) in [4.78, 5) is 46.5. The van der Waals surface area contributed by atoms with Crippen LogP contribution in [0.4, 0.5) is 0 Å². The number of hydrogen-bond acceptors (Lipinski definition) is 4. The minimum atomic E-state index is -1.18. The second kappa shape index (κ2) is 10.4. The van der Waals surface area contributed by atoms with Gasteiger partial charge in [-0.1, -0.05) is 32.0 Å². The molecule has 29 heavy (non-hydrogen) atoms. The van der Waals surface area contributed by atoms with E-state index >= 15 is 0 Å². The Morgan fingerprint density at radius 2 is 1.86 bits per heavy atom. The Kier molecular flexibility index (Phi) is 7.94. The summed E-state index contributed by atoms with van der Waals surface area (Å²) in [5.41, 5.74) is 1.08. The molecule has 2 rings (SSSR count). The predicted molar refractivity (Wildman–Crippen MR) is 108 cm³/mol. The van der Waals surface area contributed by atoms with E-state index in [1.54, 1.807) is 13.8 Å². The molecule has 2 unspecified atom stereocenters. The largest absolute Gasteiger partial charge is 0.481 e. The first-order chi connectivity index (χ1) is 13.8. The summed E-state index contributed by atoms with van der Waals surface area (Å²) < 4.78 is 2.04. The number of fused-ring (bicyclic) bond motifs is 1. The third kappa shape index (κ3) is 6.44. The molecule has 1 heterocycles. The highest BCUT2D eigenvalue weighted by Crippen LogP contribution is 2.17. The summed E-state index contributed by atoms with van der Waals surface area (Å²) in [6.45, 7) is 4.62. The van der Waals surface area contributed by atoms with Gasteiger partial charge in [0, 0.05) is 37.1 Å². The van der Waals surface area contributed by atoms with Crippen molar-refractivity contribution < 1.29 is 24.3 Å². The molecule has 0 radical (unpaired) electrons. The van der Waals surface area contributed by atoms with Crippen molar-refractivity contribution >= 4 is 35.0 Å². The molecular weight excluding hydrogens is 374 g/mol. The lowest BCUT2D eigenvalue weighted by Gasteiger charge is -2.21. The van der Waals surface area contributed by atoms with E-state index in [9.17, 15) is 19.2 Å². The average Bonchev–Trinajstić information content (AvgIpc) is 3.08. The van der Waals surface area contributed by atoms with Crippen LogP contribution in [0.3, 0.4) is 0 Å². The van der Waals surface area contributed by atoms with Gasteiger partial charge in [0.05, 0.1) is 12.5 Å². The van der Waals surface area contributed by atoms with Gasteiger partial charge in [-0.15, -0.1) is 0 Å². The summed E-state index contributed by atoms with van der Waals surface area (Å²) in [7, 11) is 0. The molecular formula is C21H27N3O5. The van der Waals surface area contributed by atoms with E-state index in [0.29, 0.717) is 19.4 Å². The summed E-state index contributed by atoms with van der Waals surface area (Å²) in [6, 6.07) is 8.87. The third-order valence-corrected chi connectivity index (χ3v) is 4.79. The highest BCUT2D eigenvalue weighted by atomic mass is 16.4. The summed E-state index contributed by atoms with van der Waals surface area (Å²) in [5.74, 6) is -2.75. The number of nitrogens with zero attached hydrogens (tertiary/aromatic N) is 1. The van der Waals surface area contributed by atoms with Crippen LogP contribution in [-0.4, -0.2) is 46.3 Å². The number of aldehydes is 1. The number of carbonyl (C=O) groups excluding carboxylic acids is 3. The molecule has 0 saturated carbocycles. The highest BCUT2D eigenvalue weighted by Gasteiger charge is 2.27. The zero-order chi connectivity index (χ0) is 21.4. The maximum absolute atomic E-state index is 12.4. The predicted octanol–water partition coefficient (Wildman–Crippen LogP) is 1.58. The summed E-state index contributed by atoms with van der Waals surface area (Å²) in [6.07, 6.45) is 1.83. The zero-order valence-corrected chi connectivity index (χ0v) is 16.6. The molecule has 1 aromatic carbocycles. The number of aliphatic carboxylic acids is 1. The SMILES string of the molecule is CC(C)C(CC(=O)NCCn1ccc2ccccc21)C(=O)NC(C=O)CC(=O)O. The summed E-state index contributed by atoms with van der Waals surface area (Å²) >= 11 is 0. The molecule has 8 heteroatoms.